The quantitative estimate of drug-likeness (QED) is 0.727. The number of aryl methyl sites for hydroxylation is 1. The number of carbonyl (C=O) groups is 2. The minimum atomic E-state index is -4.53. The Bertz CT molecular complexity index is 755. The van der Waals surface area contributed by atoms with Crippen molar-refractivity contribution in [3.63, 3.8) is 0 Å². The second-order valence-electron chi connectivity index (χ2n) is 8.25. The molecule has 1 aliphatic rings. The maximum atomic E-state index is 12.7. The Morgan fingerprint density at radius 1 is 1.13 bits per heavy atom. The normalized spacial score (nSPS) is 15.8. The second-order valence-corrected chi connectivity index (χ2v) is 8.25. The number of ether oxygens (including phenoxy) is 1. The van der Waals surface area contributed by atoms with Gasteiger partial charge in [0.1, 0.15) is 11.3 Å². The van der Waals surface area contributed by atoms with Gasteiger partial charge in [0.25, 0.3) is 5.91 Å². The second kappa shape index (κ2) is 9.63. The molecule has 1 aromatic heterocycles. The first-order valence-corrected chi connectivity index (χ1v) is 9.90. The summed E-state index contributed by atoms with van der Waals surface area (Å²) < 4.78 is 43.4. The van der Waals surface area contributed by atoms with Crippen LogP contribution in [0.25, 0.3) is 0 Å². The first-order chi connectivity index (χ1) is 13.9. The lowest BCUT2D eigenvalue weighted by Gasteiger charge is -2.35. The zero-order valence-corrected chi connectivity index (χ0v) is 17.8. The van der Waals surface area contributed by atoms with Crippen LogP contribution in [0.2, 0.25) is 0 Å². The average molecular weight is 430 g/mol. The van der Waals surface area contributed by atoms with Crippen molar-refractivity contribution >= 4 is 12.0 Å². The molecule has 2 rings (SSSR count). The standard InChI is InChI=1S/C20H29F3N4O3/c1-14-15(6-7-16(25-14)20(21,22)23)17(28)24-8-5-9-26-10-12-27(13-11-26)18(29)30-19(2,3)4/h6-7H,5,8-13H2,1-4H3,(H,24,28). The monoisotopic (exact) mass is 430 g/mol. The molecule has 1 saturated heterocycles. The molecule has 0 aromatic carbocycles. The summed E-state index contributed by atoms with van der Waals surface area (Å²) in [6.45, 7) is 10.6. The number of alkyl halides is 3. The summed E-state index contributed by atoms with van der Waals surface area (Å²) in [6, 6.07) is 1.96. The maximum Gasteiger partial charge on any atom is 0.433 e. The Morgan fingerprint density at radius 3 is 2.30 bits per heavy atom. The molecular formula is C20H29F3N4O3. The number of hydrogen-bond acceptors (Lipinski definition) is 5. The van der Waals surface area contributed by atoms with E-state index >= 15 is 0 Å². The zero-order chi connectivity index (χ0) is 22.5. The molecule has 7 nitrogen and oxygen atoms in total. The molecule has 1 aliphatic heterocycles. The van der Waals surface area contributed by atoms with Crippen LogP contribution in [-0.4, -0.2) is 71.7 Å². The van der Waals surface area contributed by atoms with Crippen LogP contribution in [0.5, 0.6) is 0 Å². The zero-order valence-electron chi connectivity index (χ0n) is 17.8. The van der Waals surface area contributed by atoms with Crippen LogP contribution in [0.4, 0.5) is 18.0 Å². The van der Waals surface area contributed by atoms with Gasteiger partial charge in [-0.15, -0.1) is 0 Å². The van der Waals surface area contributed by atoms with E-state index in [-0.39, 0.29) is 17.4 Å². The van der Waals surface area contributed by atoms with Crippen LogP contribution in [0.15, 0.2) is 12.1 Å². The van der Waals surface area contributed by atoms with Gasteiger partial charge in [-0.3, -0.25) is 9.69 Å². The summed E-state index contributed by atoms with van der Waals surface area (Å²) in [5.41, 5.74) is -1.36. The van der Waals surface area contributed by atoms with Gasteiger partial charge in [0.15, 0.2) is 0 Å². The highest BCUT2D eigenvalue weighted by Crippen LogP contribution is 2.28. The van der Waals surface area contributed by atoms with Crippen molar-refractivity contribution in [2.45, 2.75) is 45.9 Å². The molecule has 0 spiro atoms. The number of rotatable bonds is 5. The fourth-order valence-corrected chi connectivity index (χ4v) is 3.04. The van der Waals surface area contributed by atoms with Gasteiger partial charge in [0, 0.05) is 32.7 Å². The number of hydrogen-bond donors (Lipinski definition) is 1. The van der Waals surface area contributed by atoms with E-state index in [1.807, 2.05) is 20.8 Å². The predicted molar refractivity (Wildman–Crippen MR) is 105 cm³/mol. The molecule has 0 bridgehead atoms. The lowest BCUT2D eigenvalue weighted by molar-refractivity contribution is -0.141. The van der Waals surface area contributed by atoms with Gasteiger partial charge in [0.2, 0.25) is 0 Å². The lowest BCUT2D eigenvalue weighted by atomic mass is 10.1. The number of amides is 2. The third-order valence-corrected chi connectivity index (χ3v) is 4.58. The number of halogens is 3. The largest absolute Gasteiger partial charge is 0.444 e. The van der Waals surface area contributed by atoms with E-state index in [4.69, 9.17) is 4.74 Å². The van der Waals surface area contributed by atoms with Crippen molar-refractivity contribution in [3.05, 3.63) is 29.1 Å². The van der Waals surface area contributed by atoms with E-state index in [1.165, 1.54) is 6.92 Å². The SMILES string of the molecule is Cc1nc(C(F)(F)F)ccc1C(=O)NCCCN1CCN(C(=O)OC(C)(C)C)CC1. The van der Waals surface area contributed by atoms with Crippen LogP contribution in [0.1, 0.15) is 48.9 Å². The molecule has 0 atom stereocenters. The van der Waals surface area contributed by atoms with E-state index in [2.05, 4.69) is 15.2 Å². The number of piperazine rings is 1. The van der Waals surface area contributed by atoms with Gasteiger partial charge in [-0.25, -0.2) is 9.78 Å². The molecule has 1 fully saturated rings. The predicted octanol–water partition coefficient (Wildman–Crippen LogP) is 3.08. The number of nitrogens with zero attached hydrogens (tertiary/aromatic N) is 3. The average Bonchev–Trinajstić information content (AvgIpc) is 2.63. The molecule has 2 heterocycles. The van der Waals surface area contributed by atoms with Crippen LogP contribution in [0, 0.1) is 6.92 Å². The maximum absolute atomic E-state index is 12.7. The van der Waals surface area contributed by atoms with Crippen molar-refractivity contribution in [1.82, 2.24) is 20.1 Å². The topological polar surface area (TPSA) is 74.8 Å². The summed E-state index contributed by atoms with van der Waals surface area (Å²) in [6.07, 6.45) is -4.16. The molecule has 30 heavy (non-hydrogen) atoms. The van der Waals surface area contributed by atoms with Crippen molar-refractivity contribution in [2.75, 3.05) is 39.3 Å². The third kappa shape index (κ3) is 7.16. The number of nitrogens with one attached hydrogen (secondary N) is 1. The smallest absolute Gasteiger partial charge is 0.433 e. The Labute approximate surface area is 174 Å². The van der Waals surface area contributed by atoms with Gasteiger partial charge in [0.05, 0.1) is 11.3 Å². The first kappa shape index (κ1) is 23.9. The summed E-state index contributed by atoms with van der Waals surface area (Å²) in [5, 5.41) is 2.72. The summed E-state index contributed by atoms with van der Waals surface area (Å²) >= 11 is 0. The third-order valence-electron chi connectivity index (χ3n) is 4.58. The minimum absolute atomic E-state index is 0.0422. The van der Waals surface area contributed by atoms with E-state index in [0.29, 0.717) is 26.1 Å². The minimum Gasteiger partial charge on any atom is -0.444 e. The molecule has 168 valence electrons. The van der Waals surface area contributed by atoms with Gasteiger partial charge in [-0.05, 0) is 52.8 Å². The van der Waals surface area contributed by atoms with E-state index in [9.17, 15) is 22.8 Å². The van der Waals surface area contributed by atoms with Crippen molar-refractivity contribution in [2.24, 2.45) is 0 Å². The molecule has 0 radical (unpaired) electrons. The molecule has 1 N–H and O–H groups in total. The van der Waals surface area contributed by atoms with Crippen LogP contribution in [0.3, 0.4) is 0 Å². The molecule has 1 aromatic rings. The van der Waals surface area contributed by atoms with Crippen LogP contribution in [-0.2, 0) is 10.9 Å². The number of carbonyl (C=O) groups excluding carboxylic acids is 2. The summed E-state index contributed by atoms with van der Waals surface area (Å²) in [4.78, 5) is 31.6. The highest BCUT2D eigenvalue weighted by Gasteiger charge is 2.33. The van der Waals surface area contributed by atoms with Gasteiger partial charge in [-0.1, -0.05) is 0 Å². The molecule has 2 amide bonds. The molecule has 0 aliphatic carbocycles. The molecule has 0 unspecified atom stereocenters. The number of aromatic nitrogens is 1. The molecular weight excluding hydrogens is 401 g/mol. The van der Waals surface area contributed by atoms with Crippen LogP contribution < -0.4 is 5.32 Å². The van der Waals surface area contributed by atoms with E-state index in [0.717, 1.165) is 31.8 Å². The highest BCUT2D eigenvalue weighted by atomic mass is 19.4. The summed E-state index contributed by atoms with van der Waals surface area (Å²) in [5.74, 6) is -0.441. The Morgan fingerprint density at radius 2 is 1.77 bits per heavy atom. The van der Waals surface area contributed by atoms with Crippen molar-refractivity contribution in [3.8, 4) is 0 Å². The van der Waals surface area contributed by atoms with E-state index < -0.39 is 23.4 Å². The van der Waals surface area contributed by atoms with Gasteiger partial charge in [-0.2, -0.15) is 13.2 Å². The lowest BCUT2D eigenvalue weighted by Crippen LogP contribution is -2.50. The van der Waals surface area contributed by atoms with Gasteiger partial charge >= 0.3 is 12.3 Å². The van der Waals surface area contributed by atoms with E-state index in [1.54, 1.807) is 4.90 Å². The highest BCUT2D eigenvalue weighted by molar-refractivity contribution is 5.95. The fraction of sp³-hybridized carbons (Fsp3) is 0.650. The Hall–Kier alpha value is -2.36. The number of pyridine rings is 1. The Balaban J connectivity index is 1.71. The van der Waals surface area contributed by atoms with Crippen molar-refractivity contribution < 1.29 is 27.5 Å². The summed E-state index contributed by atoms with van der Waals surface area (Å²) in [7, 11) is 0. The van der Waals surface area contributed by atoms with Crippen LogP contribution >= 0.6 is 0 Å². The Kier molecular flexibility index (Phi) is 7.68. The van der Waals surface area contributed by atoms with Gasteiger partial charge < -0.3 is 15.0 Å². The van der Waals surface area contributed by atoms with Crippen molar-refractivity contribution in [1.29, 1.82) is 0 Å². The first-order valence-electron chi connectivity index (χ1n) is 9.90. The molecule has 0 saturated carbocycles. The fourth-order valence-electron chi connectivity index (χ4n) is 3.04. The molecule has 10 heteroatoms.